The van der Waals surface area contributed by atoms with E-state index in [2.05, 4.69) is 0 Å². The predicted octanol–water partition coefficient (Wildman–Crippen LogP) is 2.03. The molecule has 3 heteroatoms. The zero-order valence-electron chi connectivity index (χ0n) is 7.79. The number of hydrogen-bond donors (Lipinski definition) is 2. The highest BCUT2D eigenvalue weighted by atomic mass is 35.5. The molecule has 0 saturated carbocycles. The van der Waals surface area contributed by atoms with Gasteiger partial charge >= 0.3 is 0 Å². The maximum absolute atomic E-state index is 9.27. The lowest BCUT2D eigenvalue weighted by atomic mass is 10.0. The molecule has 0 aliphatic heterocycles. The van der Waals surface area contributed by atoms with Gasteiger partial charge in [-0.1, -0.05) is 23.7 Å². The molecule has 1 rings (SSSR count). The van der Waals surface area contributed by atoms with Gasteiger partial charge in [0.25, 0.3) is 0 Å². The molecule has 1 aromatic rings. The minimum Gasteiger partial charge on any atom is -0.391 e. The van der Waals surface area contributed by atoms with Crippen molar-refractivity contribution < 1.29 is 5.11 Å². The van der Waals surface area contributed by atoms with Crippen molar-refractivity contribution >= 4 is 11.6 Å². The summed E-state index contributed by atoms with van der Waals surface area (Å²) >= 11 is 5.93. The molecule has 2 nitrogen and oxygen atoms in total. The van der Waals surface area contributed by atoms with Crippen LogP contribution in [-0.2, 0) is 0 Å². The number of halogens is 1. The zero-order valence-corrected chi connectivity index (χ0v) is 8.55. The number of benzene rings is 1. The van der Waals surface area contributed by atoms with Gasteiger partial charge in [-0.3, -0.25) is 0 Å². The number of aliphatic hydroxyl groups is 1. The summed E-state index contributed by atoms with van der Waals surface area (Å²) in [4.78, 5) is 0. The van der Waals surface area contributed by atoms with Crippen molar-refractivity contribution in [3.63, 3.8) is 0 Å². The largest absolute Gasteiger partial charge is 0.391 e. The lowest BCUT2D eigenvalue weighted by Gasteiger charge is -2.15. The fourth-order valence-electron chi connectivity index (χ4n) is 1.09. The van der Waals surface area contributed by atoms with Crippen LogP contribution in [0.2, 0.25) is 5.02 Å². The van der Waals surface area contributed by atoms with Crippen LogP contribution in [0.5, 0.6) is 0 Å². The van der Waals surface area contributed by atoms with Gasteiger partial charge in [0.05, 0.1) is 12.1 Å². The third-order valence-electron chi connectivity index (χ3n) is 2.10. The number of rotatable bonds is 2. The van der Waals surface area contributed by atoms with Gasteiger partial charge in [-0.2, -0.15) is 0 Å². The highest BCUT2D eigenvalue weighted by Crippen LogP contribution is 2.21. The Morgan fingerprint density at radius 1 is 1.46 bits per heavy atom. The van der Waals surface area contributed by atoms with E-state index in [9.17, 15) is 5.11 Å². The van der Waals surface area contributed by atoms with E-state index in [1.54, 1.807) is 13.0 Å². The van der Waals surface area contributed by atoms with E-state index in [1.165, 1.54) is 0 Å². The average molecular weight is 200 g/mol. The topological polar surface area (TPSA) is 46.2 Å². The van der Waals surface area contributed by atoms with Gasteiger partial charge < -0.3 is 10.8 Å². The molecular weight excluding hydrogens is 186 g/mol. The molecule has 0 unspecified atom stereocenters. The van der Waals surface area contributed by atoms with Gasteiger partial charge in [0.15, 0.2) is 0 Å². The van der Waals surface area contributed by atoms with Crippen LogP contribution in [0.3, 0.4) is 0 Å². The lowest BCUT2D eigenvalue weighted by molar-refractivity contribution is 0.164. The summed E-state index contributed by atoms with van der Waals surface area (Å²) in [5, 5.41) is 9.95. The molecule has 0 bridgehead atoms. The molecule has 13 heavy (non-hydrogen) atoms. The molecular formula is C10H14ClNO. The van der Waals surface area contributed by atoms with Crippen LogP contribution in [0.15, 0.2) is 18.2 Å². The summed E-state index contributed by atoms with van der Waals surface area (Å²) < 4.78 is 0. The van der Waals surface area contributed by atoms with Crippen LogP contribution in [0.4, 0.5) is 0 Å². The van der Waals surface area contributed by atoms with Crippen LogP contribution >= 0.6 is 11.6 Å². The second kappa shape index (κ2) is 4.09. The number of aliphatic hydroxyl groups excluding tert-OH is 1. The number of aryl methyl sites for hydroxylation is 1. The summed E-state index contributed by atoms with van der Waals surface area (Å²) in [6.45, 7) is 3.60. The normalized spacial score (nSPS) is 15.5. The first-order valence-corrected chi connectivity index (χ1v) is 4.60. The number of hydrogen-bond acceptors (Lipinski definition) is 2. The maximum atomic E-state index is 9.27. The van der Waals surface area contributed by atoms with Crippen molar-refractivity contribution in [3.05, 3.63) is 34.3 Å². The Hall–Kier alpha value is -0.570. The summed E-state index contributed by atoms with van der Waals surface area (Å²) in [7, 11) is 0. The van der Waals surface area contributed by atoms with Crippen molar-refractivity contribution in [2.45, 2.75) is 26.0 Å². The molecule has 0 spiro atoms. The van der Waals surface area contributed by atoms with Crippen molar-refractivity contribution in [1.29, 1.82) is 0 Å². The Labute approximate surface area is 83.3 Å². The first-order chi connectivity index (χ1) is 6.02. The van der Waals surface area contributed by atoms with Gasteiger partial charge in [-0.05, 0) is 31.0 Å². The zero-order chi connectivity index (χ0) is 10.0. The maximum Gasteiger partial charge on any atom is 0.0704 e. The van der Waals surface area contributed by atoms with E-state index in [1.807, 2.05) is 19.1 Å². The van der Waals surface area contributed by atoms with Crippen LogP contribution in [0, 0.1) is 6.92 Å². The fourth-order valence-corrected chi connectivity index (χ4v) is 1.28. The van der Waals surface area contributed by atoms with Gasteiger partial charge in [-0.15, -0.1) is 0 Å². The molecule has 2 atom stereocenters. The standard InChI is InChI=1S/C10H14ClNO/c1-6-3-4-8(5-9(6)11)10(12)7(2)13/h3-5,7,10,13H,12H2,1-2H3/t7-,10-/m0/s1. The molecule has 0 amide bonds. The second-order valence-corrected chi connectivity index (χ2v) is 3.68. The van der Waals surface area contributed by atoms with Crippen LogP contribution in [0.1, 0.15) is 24.1 Å². The van der Waals surface area contributed by atoms with Crippen LogP contribution in [-0.4, -0.2) is 11.2 Å². The Balaban J connectivity index is 2.97. The Morgan fingerprint density at radius 3 is 2.54 bits per heavy atom. The van der Waals surface area contributed by atoms with E-state index in [-0.39, 0.29) is 6.04 Å². The summed E-state index contributed by atoms with van der Waals surface area (Å²) in [6.07, 6.45) is -0.557. The van der Waals surface area contributed by atoms with Crippen molar-refractivity contribution in [3.8, 4) is 0 Å². The Morgan fingerprint density at radius 2 is 2.08 bits per heavy atom. The summed E-state index contributed by atoms with van der Waals surface area (Å²) in [5.74, 6) is 0. The molecule has 0 aliphatic carbocycles. The molecule has 72 valence electrons. The van der Waals surface area contributed by atoms with Crippen molar-refractivity contribution in [1.82, 2.24) is 0 Å². The molecule has 0 fully saturated rings. The highest BCUT2D eigenvalue weighted by Gasteiger charge is 2.12. The van der Waals surface area contributed by atoms with E-state index < -0.39 is 6.10 Å². The van der Waals surface area contributed by atoms with E-state index in [4.69, 9.17) is 17.3 Å². The van der Waals surface area contributed by atoms with E-state index in [0.29, 0.717) is 5.02 Å². The third-order valence-corrected chi connectivity index (χ3v) is 2.51. The summed E-state index contributed by atoms with van der Waals surface area (Å²) in [5.41, 5.74) is 7.63. The lowest BCUT2D eigenvalue weighted by Crippen LogP contribution is -2.23. The van der Waals surface area contributed by atoms with Gasteiger partial charge in [0.2, 0.25) is 0 Å². The molecule has 0 aliphatic rings. The smallest absolute Gasteiger partial charge is 0.0704 e. The summed E-state index contributed by atoms with van der Waals surface area (Å²) in [6, 6.07) is 5.23. The van der Waals surface area contributed by atoms with Crippen molar-refractivity contribution in [2.75, 3.05) is 0 Å². The molecule has 0 heterocycles. The average Bonchev–Trinajstić information content (AvgIpc) is 2.08. The Bertz CT molecular complexity index is 299. The molecule has 0 aromatic heterocycles. The quantitative estimate of drug-likeness (QED) is 0.766. The highest BCUT2D eigenvalue weighted by molar-refractivity contribution is 6.31. The molecule has 0 radical (unpaired) electrons. The molecule has 0 saturated heterocycles. The Kier molecular flexibility index (Phi) is 3.31. The van der Waals surface area contributed by atoms with Gasteiger partial charge in [0.1, 0.15) is 0 Å². The van der Waals surface area contributed by atoms with Gasteiger partial charge in [0, 0.05) is 5.02 Å². The predicted molar refractivity (Wildman–Crippen MR) is 54.8 cm³/mol. The monoisotopic (exact) mass is 199 g/mol. The van der Waals surface area contributed by atoms with Crippen LogP contribution < -0.4 is 5.73 Å². The minimum absolute atomic E-state index is 0.363. The minimum atomic E-state index is -0.557. The van der Waals surface area contributed by atoms with E-state index >= 15 is 0 Å². The third kappa shape index (κ3) is 2.44. The van der Waals surface area contributed by atoms with E-state index in [0.717, 1.165) is 11.1 Å². The molecule has 3 N–H and O–H groups in total. The number of nitrogens with two attached hydrogens (primary N) is 1. The fraction of sp³-hybridized carbons (Fsp3) is 0.400. The van der Waals surface area contributed by atoms with Gasteiger partial charge in [-0.25, -0.2) is 0 Å². The van der Waals surface area contributed by atoms with Crippen molar-refractivity contribution in [2.24, 2.45) is 5.73 Å². The SMILES string of the molecule is Cc1ccc([C@@H](N)[C@H](C)O)cc1Cl. The first kappa shape index (κ1) is 10.5. The second-order valence-electron chi connectivity index (χ2n) is 3.28. The van der Waals surface area contributed by atoms with Crippen LogP contribution in [0.25, 0.3) is 0 Å². The first-order valence-electron chi connectivity index (χ1n) is 4.22. The molecule has 1 aromatic carbocycles.